The average Bonchev–Trinajstić information content (AvgIpc) is 2.71. The Hall–Kier alpha value is -2.04. The highest BCUT2D eigenvalue weighted by Gasteiger charge is 2.18. The van der Waals surface area contributed by atoms with Crippen LogP contribution in [0.2, 0.25) is 0 Å². The van der Waals surface area contributed by atoms with E-state index in [9.17, 15) is 0 Å². The molecule has 0 aromatic carbocycles. The second-order valence-corrected chi connectivity index (χ2v) is 5.12. The summed E-state index contributed by atoms with van der Waals surface area (Å²) in [5.74, 6) is 2.31. The van der Waals surface area contributed by atoms with Gasteiger partial charge in [0, 0.05) is 11.8 Å². The van der Waals surface area contributed by atoms with E-state index in [1.807, 2.05) is 39.8 Å². The number of ether oxygens (including phenoxy) is 1. The molecule has 0 amide bonds. The molecule has 2 heterocycles. The lowest BCUT2D eigenvalue weighted by atomic mass is 10.1. The summed E-state index contributed by atoms with van der Waals surface area (Å²) >= 11 is 0. The first-order chi connectivity index (χ1) is 9.49. The number of pyridine rings is 1. The van der Waals surface area contributed by atoms with Crippen molar-refractivity contribution in [3.05, 3.63) is 35.3 Å². The van der Waals surface area contributed by atoms with Crippen molar-refractivity contribution in [3.8, 4) is 5.75 Å². The topological polar surface area (TPSA) is 60.2 Å². The summed E-state index contributed by atoms with van der Waals surface area (Å²) in [7, 11) is 0. The third kappa shape index (κ3) is 3.10. The molecular formula is C15H21N3O2. The molecule has 5 nitrogen and oxygen atoms in total. The molecule has 2 aromatic rings. The Morgan fingerprint density at radius 3 is 2.60 bits per heavy atom. The van der Waals surface area contributed by atoms with Crippen LogP contribution in [0.25, 0.3) is 0 Å². The molecule has 2 aromatic heterocycles. The standard InChI is InChI=1S/C15H21N3O2/c1-9(2)19-13-7-6-8-16-15(13)17-10(3)14-11(4)18-20-12(14)5/h6-10H,1-5H3,(H,16,17). The third-order valence-corrected chi connectivity index (χ3v) is 3.01. The van der Waals surface area contributed by atoms with Crippen LogP contribution in [0, 0.1) is 13.8 Å². The first kappa shape index (κ1) is 14.4. The van der Waals surface area contributed by atoms with Gasteiger partial charge >= 0.3 is 0 Å². The van der Waals surface area contributed by atoms with Crippen molar-refractivity contribution >= 4 is 5.82 Å². The lowest BCUT2D eigenvalue weighted by Crippen LogP contribution is -2.13. The van der Waals surface area contributed by atoms with Crippen LogP contribution in [0.1, 0.15) is 43.8 Å². The van der Waals surface area contributed by atoms with Crippen LogP contribution in [-0.4, -0.2) is 16.2 Å². The van der Waals surface area contributed by atoms with Crippen LogP contribution in [0.15, 0.2) is 22.9 Å². The highest BCUT2D eigenvalue weighted by Crippen LogP contribution is 2.29. The predicted octanol–water partition coefficient (Wildman–Crippen LogP) is 3.65. The van der Waals surface area contributed by atoms with Gasteiger partial charge in [-0.05, 0) is 46.8 Å². The van der Waals surface area contributed by atoms with E-state index in [4.69, 9.17) is 9.26 Å². The Kier molecular flexibility index (Phi) is 4.27. The smallest absolute Gasteiger partial charge is 0.169 e. The third-order valence-electron chi connectivity index (χ3n) is 3.01. The maximum absolute atomic E-state index is 5.76. The van der Waals surface area contributed by atoms with E-state index < -0.39 is 0 Å². The molecule has 0 bridgehead atoms. The summed E-state index contributed by atoms with van der Waals surface area (Å²) in [6.45, 7) is 9.90. The van der Waals surface area contributed by atoms with Crippen molar-refractivity contribution in [2.75, 3.05) is 5.32 Å². The van der Waals surface area contributed by atoms with Gasteiger partial charge in [0.05, 0.1) is 17.8 Å². The van der Waals surface area contributed by atoms with Gasteiger partial charge in [0.2, 0.25) is 0 Å². The molecule has 108 valence electrons. The average molecular weight is 275 g/mol. The van der Waals surface area contributed by atoms with Gasteiger partial charge in [0.15, 0.2) is 11.6 Å². The SMILES string of the molecule is Cc1noc(C)c1C(C)Nc1ncccc1OC(C)C. The van der Waals surface area contributed by atoms with Crippen LogP contribution in [0.4, 0.5) is 5.82 Å². The van der Waals surface area contributed by atoms with Gasteiger partial charge < -0.3 is 14.6 Å². The first-order valence-corrected chi connectivity index (χ1v) is 6.80. The zero-order chi connectivity index (χ0) is 14.7. The molecule has 0 fully saturated rings. The zero-order valence-electron chi connectivity index (χ0n) is 12.6. The van der Waals surface area contributed by atoms with E-state index in [0.29, 0.717) is 0 Å². The van der Waals surface area contributed by atoms with Crippen LogP contribution < -0.4 is 10.1 Å². The van der Waals surface area contributed by atoms with Crippen molar-refractivity contribution in [2.24, 2.45) is 0 Å². The fraction of sp³-hybridized carbons (Fsp3) is 0.467. The quantitative estimate of drug-likeness (QED) is 0.902. The number of nitrogens with one attached hydrogen (secondary N) is 1. The van der Waals surface area contributed by atoms with E-state index >= 15 is 0 Å². The number of hydrogen-bond acceptors (Lipinski definition) is 5. The second-order valence-electron chi connectivity index (χ2n) is 5.12. The highest BCUT2D eigenvalue weighted by atomic mass is 16.5. The summed E-state index contributed by atoms with van der Waals surface area (Å²) in [6.07, 6.45) is 1.85. The molecule has 1 unspecified atom stereocenters. The molecule has 0 spiro atoms. The van der Waals surface area contributed by atoms with E-state index in [-0.39, 0.29) is 12.1 Å². The molecule has 20 heavy (non-hydrogen) atoms. The summed E-state index contributed by atoms with van der Waals surface area (Å²) < 4.78 is 11.0. The minimum atomic E-state index is 0.0469. The molecule has 0 aliphatic carbocycles. The summed E-state index contributed by atoms with van der Waals surface area (Å²) in [6, 6.07) is 3.82. The lowest BCUT2D eigenvalue weighted by molar-refractivity contribution is 0.242. The number of hydrogen-bond donors (Lipinski definition) is 1. The predicted molar refractivity (Wildman–Crippen MR) is 78.0 cm³/mol. The Morgan fingerprint density at radius 2 is 2.00 bits per heavy atom. The number of aryl methyl sites for hydroxylation is 2. The molecular weight excluding hydrogens is 254 g/mol. The van der Waals surface area contributed by atoms with Crippen molar-refractivity contribution in [1.29, 1.82) is 0 Å². The number of anilines is 1. The molecule has 0 saturated heterocycles. The van der Waals surface area contributed by atoms with Gasteiger partial charge in [-0.2, -0.15) is 0 Å². The summed E-state index contributed by atoms with van der Waals surface area (Å²) in [5, 5.41) is 7.35. The van der Waals surface area contributed by atoms with E-state index in [1.165, 1.54) is 0 Å². The van der Waals surface area contributed by atoms with Crippen molar-refractivity contribution in [1.82, 2.24) is 10.1 Å². The minimum absolute atomic E-state index is 0.0469. The van der Waals surface area contributed by atoms with Crippen LogP contribution in [0.5, 0.6) is 5.75 Å². The first-order valence-electron chi connectivity index (χ1n) is 6.80. The van der Waals surface area contributed by atoms with Gasteiger partial charge in [-0.3, -0.25) is 0 Å². The monoisotopic (exact) mass is 275 g/mol. The maximum atomic E-state index is 5.76. The second kappa shape index (κ2) is 5.94. The Morgan fingerprint density at radius 1 is 1.25 bits per heavy atom. The zero-order valence-corrected chi connectivity index (χ0v) is 12.6. The number of aromatic nitrogens is 2. The fourth-order valence-corrected chi connectivity index (χ4v) is 2.23. The Bertz CT molecular complexity index is 559. The van der Waals surface area contributed by atoms with Crippen LogP contribution in [-0.2, 0) is 0 Å². The molecule has 2 rings (SSSR count). The molecule has 5 heteroatoms. The van der Waals surface area contributed by atoms with E-state index in [0.717, 1.165) is 28.6 Å². The Labute approximate surface area is 119 Å². The highest BCUT2D eigenvalue weighted by molar-refractivity contribution is 5.51. The number of nitrogens with zero attached hydrogens (tertiary/aromatic N) is 2. The molecule has 0 aliphatic rings. The van der Waals surface area contributed by atoms with Crippen LogP contribution >= 0.6 is 0 Å². The van der Waals surface area contributed by atoms with E-state index in [1.54, 1.807) is 6.20 Å². The molecule has 0 aliphatic heterocycles. The molecule has 0 radical (unpaired) electrons. The van der Waals surface area contributed by atoms with E-state index in [2.05, 4.69) is 22.4 Å². The largest absolute Gasteiger partial charge is 0.487 e. The van der Waals surface area contributed by atoms with Gasteiger partial charge in [0.1, 0.15) is 5.76 Å². The van der Waals surface area contributed by atoms with Gasteiger partial charge in [-0.25, -0.2) is 4.98 Å². The van der Waals surface area contributed by atoms with Gasteiger partial charge in [-0.15, -0.1) is 0 Å². The molecule has 1 atom stereocenters. The Balaban J connectivity index is 2.22. The minimum Gasteiger partial charge on any atom is -0.487 e. The van der Waals surface area contributed by atoms with Crippen molar-refractivity contribution < 1.29 is 9.26 Å². The normalized spacial score (nSPS) is 12.5. The van der Waals surface area contributed by atoms with Gasteiger partial charge in [-0.1, -0.05) is 5.16 Å². The maximum Gasteiger partial charge on any atom is 0.169 e. The molecule has 0 saturated carbocycles. The van der Waals surface area contributed by atoms with Crippen molar-refractivity contribution in [3.63, 3.8) is 0 Å². The van der Waals surface area contributed by atoms with Gasteiger partial charge in [0.25, 0.3) is 0 Å². The molecule has 1 N–H and O–H groups in total. The van der Waals surface area contributed by atoms with Crippen LogP contribution in [0.3, 0.4) is 0 Å². The summed E-state index contributed by atoms with van der Waals surface area (Å²) in [4.78, 5) is 4.35. The van der Waals surface area contributed by atoms with Crippen molar-refractivity contribution in [2.45, 2.75) is 46.8 Å². The summed E-state index contributed by atoms with van der Waals surface area (Å²) in [5.41, 5.74) is 1.95. The fourth-order valence-electron chi connectivity index (χ4n) is 2.23. The lowest BCUT2D eigenvalue weighted by Gasteiger charge is -2.18. The number of rotatable bonds is 5.